The van der Waals surface area contributed by atoms with Crippen molar-refractivity contribution >= 4 is 11.8 Å². The Kier molecular flexibility index (Phi) is 5.10. The van der Waals surface area contributed by atoms with E-state index in [4.69, 9.17) is 14.2 Å². The van der Waals surface area contributed by atoms with Gasteiger partial charge in [-0.15, -0.1) is 0 Å². The third-order valence-corrected chi connectivity index (χ3v) is 4.81. The zero-order chi connectivity index (χ0) is 21.3. The van der Waals surface area contributed by atoms with Gasteiger partial charge < -0.3 is 14.2 Å². The largest absolute Gasteiger partial charge is 0.493 e. The standard InChI is InChI=1S/C23H18FNO5/c1-28-19-12-9-15(13-20(19)29-2)23-25(21(26)14-7-10-16(24)11-8-14)22(27)17-5-3-4-6-18(17)30-23/h3-13,23H,1-2H3/t23-/m0/s1. The zero-order valence-corrected chi connectivity index (χ0v) is 16.3. The number of carbonyl (C=O) groups excluding carboxylic acids is 2. The lowest BCUT2D eigenvalue weighted by atomic mass is 10.0. The van der Waals surface area contributed by atoms with Gasteiger partial charge in [0.2, 0.25) is 6.23 Å². The van der Waals surface area contributed by atoms with Crippen molar-refractivity contribution in [3.05, 3.63) is 89.2 Å². The van der Waals surface area contributed by atoms with Crippen LogP contribution < -0.4 is 14.2 Å². The first-order valence-electron chi connectivity index (χ1n) is 9.14. The van der Waals surface area contributed by atoms with E-state index < -0.39 is 23.9 Å². The van der Waals surface area contributed by atoms with Crippen LogP contribution in [0.4, 0.5) is 4.39 Å². The Morgan fingerprint density at radius 3 is 2.37 bits per heavy atom. The van der Waals surface area contributed by atoms with Gasteiger partial charge in [-0.1, -0.05) is 12.1 Å². The van der Waals surface area contributed by atoms with Crippen molar-refractivity contribution < 1.29 is 28.2 Å². The SMILES string of the molecule is COc1ccc([C@@H]2Oc3ccccc3C(=O)N2C(=O)c2ccc(F)cc2)cc1OC. The summed E-state index contributed by atoms with van der Waals surface area (Å²) in [5.74, 6) is -0.292. The Bertz CT molecular complexity index is 1110. The highest BCUT2D eigenvalue weighted by molar-refractivity contribution is 6.12. The third kappa shape index (κ3) is 3.34. The summed E-state index contributed by atoms with van der Waals surface area (Å²) in [5, 5.41) is 0. The number of para-hydroxylation sites is 1. The highest BCUT2D eigenvalue weighted by Crippen LogP contribution is 2.38. The molecule has 0 aliphatic carbocycles. The molecule has 0 saturated heterocycles. The molecule has 3 aromatic carbocycles. The fourth-order valence-corrected chi connectivity index (χ4v) is 3.31. The molecule has 7 heteroatoms. The fourth-order valence-electron chi connectivity index (χ4n) is 3.31. The van der Waals surface area contributed by atoms with Gasteiger partial charge in [0.15, 0.2) is 11.5 Å². The van der Waals surface area contributed by atoms with Gasteiger partial charge >= 0.3 is 0 Å². The van der Waals surface area contributed by atoms with Crippen LogP contribution in [0.2, 0.25) is 0 Å². The number of amides is 2. The first-order valence-corrected chi connectivity index (χ1v) is 9.14. The van der Waals surface area contributed by atoms with E-state index in [-0.39, 0.29) is 11.1 Å². The molecule has 152 valence electrons. The molecule has 0 spiro atoms. The van der Waals surface area contributed by atoms with Gasteiger partial charge in [0.05, 0.1) is 19.8 Å². The minimum Gasteiger partial charge on any atom is -0.493 e. The summed E-state index contributed by atoms with van der Waals surface area (Å²) < 4.78 is 30.0. The number of halogens is 1. The molecule has 1 aliphatic heterocycles. The van der Waals surface area contributed by atoms with Gasteiger partial charge in [-0.25, -0.2) is 9.29 Å². The van der Waals surface area contributed by atoms with Crippen molar-refractivity contribution in [1.29, 1.82) is 0 Å². The highest BCUT2D eigenvalue weighted by Gasteiger charge is 2.39. The van der Waals surface area contributed by atoms with Gasteiger partial charge in [0.25, 0.3) is 11.8 Å². The number of hydrogen-bond acceptors (Lipinski definition) is 5. The van der Waals surface area contributed by atoms with Crippen molar-refractivity contribution in [3.8, 4) is 17.2 Å². The molecule has 4 rings (SSSR count). The second-order valence-corrected chi connectivity index (χ2v) is 6.57. The number of hydrogen-bond donors (Lipinski definition) is 0. The average molecular weight is 407 g/mol. The number of ether oxygens (including phenoxy) is 3. The summed E-state index contributed by atoms with van der Waals surface area (Å²) in [6.45, 7) is 0. The van der Waals surface area contributed by atoms with E-state index in [1.807, 2.05) is 0 Å². The molecule has 1 aliphatic rings. The quantitative estimate of drug-likeness (QED) is 0.606. The van der Waals surface area contributed by atoms with Crippen LogP contribution in [0.1, 0.15) is 32.5 Å². The second-order valence-electron chi connectivity index (χ2n) is 6.57. The Morgan fingerprint density at radius 1 is 0.967 bits per heavy atom. The average Bonchev–Trinajstić information content (AvgIpc) is 2.78. The van der Waals surface area contributed by atoms with Gasteiger partial charge in [0.1, 0.15) is 11.6 Å². The van der Waals surface area contributed by atoms with Gasteiger partial charge in [-0.2, -0.15) is 0 Å². The van der Waals surface area contributed by atoms with E-state index in [1.54, 1.807) is 42.5 Å². The molecule has 1 heterocycles. The Balaban J connectivity index is 1.82. The molecule has 0 unspecified atom stereocenters. The molecule has 0 fully saturated rings. The molecular weight excluding hydrogens is 389 g/mol. The van der Waals surface area contributed by atoms with Crippen LogP contribution in [0.15, 0.2) is 66.7 Å². The first kappa shape index (κ1) is 19.4. The van der Waals surface area contributed by atoms with E-state index in [2.05, 4.69) is 0 Å². The predicted molar refractivity (Wildman–Crippen MR) is 106 cm³/mol. The van der Waals surface area contributed by atoms with Crippen LogP contribution >= 0.6 is 0 Å². The smallest absolute Gasteiger partial charge is 0.267 e. The van der Waals surface area contributed by atoms with Crippen molar-refractivity contribution in [2.75, 3.05) is 14.2 Å². The third-order valence-electron chi connectivity index (χ3n) is 4.81. The number of rotatable bonds is 4. The van der Waals surface area contributed by atoms with Gasteiger partial charge in [-0.05, 0) is 54.6 Å². The normalized spacial score (nSPS) is 15.2. The highest BCUT2D eigenvalue weighted by atomic mass is 19.1. The predicted octanol–water partition coefficient (Wildman–Crippen LogP) is 4.22. The van der Waals surface area contributed by atoms with Crippen LogP contribution in [0.25, 0.3) is 0 Å². The maximum absolute atomic E-state index is 13.3. The number of carbonyl (C=O) groups is 2. The molecule has 1 atom stereocenters. The summed E-state index contributed by atoms with van der Waals surface area (Å²) in [6.07, 6.45) is -1.04. The Morgan fingerprint density at radius 2 is 1.67 bits per heavy atom. The number of fused-ring (bicyclic) bond motifs is 1. The van der Waals surface area contributed by atoms with E-state index in [1.165, 1.54) is 38.5 Å². The summed E-state index contributed by atoms with van der Waals surface area (Å²) >= 11 is 0. The van der Waals surface area contributed by atoms with Crippen molar-refractivity contribution in [2.45, 2.75) is 6.23 Å². The lowest BCUT2D eigenvalue weighted by Gasteiger charge is -2.35. The minimum atomic E-state index is -1.04. The molecule has 0 saturated carbocycles. The fraction of sp³-hybridized carbons (Fsp3) is 0.130. The van der Waals surface area contributed by atoms with Crippen LogP contribution in [0.3, 0.4) is 0 Å². The molecule has 3 aromatic rings. The molecule has 6 nitrogen and oxygen atoms in total. The lowest BCUT2D eigenvalue weighted by molar-refractivity contribution is 0.0107. The Labute approximate surface area is 172 Å². The maximum Gasteiger partial charge on any atom is 0.267 e. The van der Waals surface area contributed by atoms with E-state index in [0.29, 0.717) is 22.8 Å². The van der Waals surface area contributed by atoms with E-state index >= 15 is 0 Å². The van der Waals surface area contributed by atoms with Gasteiger partial charge in [0, 0.05) is 11.1 Å². The van der Waals surface area contributed by atoms with Crippen LogP contribution in [-0.4, -0.2) is 30.9 Å². The van der Waals surface area contributed by atoms with E-state index in [0.717, 1.165) is 4.90 Å². The molecule has 0 N–H and O–H groups in total. The van der Waals surface area contributed by atoms with Crippen LogP contribution in [0, 0.1) is 5.82 Å². The monoisotopic (exact) mass is 407 g/mol. The summed E-state index contributed by atoms with van der Waals surface area (Å²) in [7, 11) is 3.00. The molecule has 2 amide bonds. The van der Waals surface area contributed by atoms with E-state index in [9.17, 15) is 14.0 Å². The minimum absolute atomic E-state index is 0.165. The summed E-state index contributed by atoms with van der Waals surface area (Å²) in [4.78, 5) is 27.5. The molecule has 0 bridgehead atoms. The maximum atomic E-state index is 13.3. The number of nitrogens with zero attached hydrogens (tertiary/aromatic N) is 1. The molecule has 30 heavy (non-hydrogen) atoms. The molecule has 0 radical (unpaired) electrons. The van der Waals surface area contributed by atoms with Gasteiger partial charge in [-0.3, -0.25) is 9.59 Å². The zero-order valence-electron chi connectivity index (χ0n) is 16.3. The van der Waals surface area contributed by atoms with Crippen molar-refractivity contribution in [2.24, 2.45) is 0 Å². The first-order chi connectivity index (χ1) is 14.5. The molecule has 0 aromatic heterocycles. The van der Waals surface area contributed by atoms with Crippen molar-refractivity contribution in [3.63, 3.8) is 0 Å². The second kappa shape index (κ2) is 7.87. The topological polar surface area (TPSA) is 65.1 Å². The van der Waals surface area contributed by atoms with Crippen molar-refractivity contribution in [1.82, 2.24) is 4.90 Å². The lowest BCUT2D eigenvalue weighted by Crippen LogP contribution is -2.45. The van der Waals surface area contributed by atoms with Crippen LogP contribution in [0.5, 0.6) is 17.2 Å². The Hall–Kier alpha value is -3.87. The summed E-state index contributed by atoms with van der Waals surface area (Å²) in [6, 6.07) is 16.7. The number of imide groups is 1. The number of methoxy groups -OCH3 is 2. The number of benzene rings is 3. The van der Waals surface area contributed by atoms with Crippen LogP contribution in [-0.2, 0) is 0 Å². The molecular formula is C23H18FNO5. The summed E-state index contributed by atoms with van der Waals surface area (Å²) in [5.41, 5.74) is 0.953.